The maximum Gasteiger partial charge on any atom is 0.326 e. The molecule has 0 spiro atoms. The van der Waals surface area contributed by atoms with E-state index in [-0.39, 0.29) is 31.6 Å². The normalized spacial score (nSPS) is 18.6. The number of rotatable bonds is 6. The number of aliphatic imine (C=N–C) groups is 1. The highest BCUT2D eigenvalue weighted by Gasteiger charge is 2.45. The number of hydrogen-bond donors (Lipinski definition) is 0. The number of amidine groups is 1. The van der Waals surface area contributed by atoms with Gasteiger partial charge in [0.15, 0.2) is 0 Å². The second-order valence-electron chi connectivity index (χ2n) is 10.6. The zero-order valence-corrected chi connectivity index (χ0v) is 25.8. The second kappa shape index (κ2) is 12.7. The summed E-state index contributed by atoms with van der Waals surface area (Å²) in [5.41, 5.74) is 2.23. The Bertz CT molecular complexity index is 1560. The predicted molar refractivity (Wildman–Crippen MR) is 165 cm³/mol. The molecule has 0 radical (unpaired) electrons. The number of nitrogens with zero attached hydrogens (tertiary/aromatic N) is 4. The SMILES string of the molecule is COc1ccc(C2=N[C@@H](c3ccc(Cl)cc3)[C@@H](c3ccc(Cl)cc3)N2C(=O)N2CCN(C(C)=O)C(=O)C2)c(OC(C)C)c1. The molecule has 0 aliphatic carbocycles. The number of urea groups is 1. The second-order valence-corrected chi connectivity index (χ2v) is 11.5. The number of benzene rings is 3. The van der Waals surface area contributed by atoms with Gasteiger partial charge in [0.2, 0.25) is 11.8 Å². The Morgan fingerprint density at radius 1 is 0.930 bits per heavy atom. The molecule has 2 atom stereocenters. The largest absolute Gasteiger partial charge is 0.497 e. The maximum absolute atomic E-state index is 14.5. The topological polar surface area (TPSA) is 91.8 Å². The first-order valence-electron chi connectivity index (χ1n) is 13.9. The Labute approximate surface area is 260 Å². The highest BCUT2D eigenvalue weighted by molar-refractivity contribution is 6.30. The molecule has 0 unspecified atom stereocenters. The quantitative estimate of drug-likeness (QED) is 0.329. The highest BCUT2D eigenvalue weighted by Crippen LogP contribution is 2.46. The van der Waals surface area contributed by atoms with Crippen LogP contribution in [0.4, 0.5) is 4.79 Å². The van der Waals surface area contributed by atoms with Crippen LogP contribution in [0.15, 0.2) is 71.7 Å². The summed E-state index contributed by atoms with van der Waals surface area (Å²) >= 11 is 12.5. The van der Waals surface area contributed by atoms with Crippen molar-refractivity contribution in [2.24, 2.45) is 4.99 Å². The summed E-state index contributed by atoms with van der Waals surface area (Å²) in [5, 5.41) is 1.13. The number of halogens is 2. The van der Waals surface area contributed by atoms with Crippen molar-refractivity contribution in [1.29, 1.82) is 0 Å². The van der Waals surface area contributed by atoms with Crippen LogP contribution in [0.1, 0.15) is 49.5 Å². The molecule has 2 heterocycles. The molecule has 43 heavy (non-hydrogen) atoms. The van der Waals surface area contributed by atoms with E-state index in [1.165, 1.54) is 11.8 Å². The summed E-state index contributed by atoms with van der Waals surface area (Å²) < 4.78 is 11.7. The average Bonchev–Trinajstić information content (AvgIpc) is 3.37. The Hall–Kier alpha value is -4.08. The summed E-state index contributed by atoms with van der Waals surface area (Å²) in [6, 6.07) is 18.5. The fraction of sp³-hybridized carbons (Fsp3) is 0.312. The molecule has 3 aromatic carbocycles. The van der Waals surface area contributed by atoms with Crippen molar-refractivity contribution in [3.63, 3.8) is 0 Å². The van der Waals surface area contributed by atoms with Gasteiger partial charge in [-0.15, -0.1) is 0 Å². The van der Waals surface area contributed by atoms with Crippen molar-refractivity contribution in [3.05, 3.63) is 93.5 Å². The van der Waals surface area contributed by atoms with Crippen LogP contribution < -0.4 is 9.47 Å². The number of methoxy groups -OCH3 is 1. The van der Waals surface area contributed by atoms with E-state index in [1.54, 1.807) is 48.4 Å². The van der Waals surface area contributed by atoms with E-state index >= 15 is 0 Å². The lowest BCUT2D eigenvalue weighted by molar-refractivity contribution is -0.146. The van der Waals surface area contributed by atoms with E-state index in [2.05, 4.69) is 0 Å². The molecule has 1 saturated heterocycles. The third-order valence-corrected chi connectivity index (χ3v) is 7.86. The average molecular weight is 624 g/mol. The van der Waals surface area contributed by atoms with Crippen molar-refractivity contribution in [2.75, 3.05) is 26.7 Å². The first-order chi connectivity index (χ1) is 20.6. The van der Waals surface area contributed by atoms with Crippen molar-refractivity contribution >= 4 is 46.9 Å². The molecule has 3 aromatic rings. The monoisotopic (exact) mass is 622 g/mol. The molecule has 11 heteroatoms. The molecule has 5 rings (SSSR count). The van der Waals surface area contributed by atoms with Gasteiger partial charge >= 0.3 is 6.03 Å². The Balaban J connectivity index is 1.68. The lowest BCUT2D eigenvalue weighted by Gasteiger charge is -2.38. The summed E-state index contributed by atoms with van der Waals surface area (Å²) in [7, 11) is 1.57. The molecular formula is C32H32Cl2N4O5. The first-order valence-corrected chi connectivity index (χ1v) is 14.7. The Morgan fingerprint density at radius 3 is 2.12 bits per heavy atom. The minimum atomic E-state index is -0.601. The van der Waals surface area contributed by atoms with E-state index < -0.39 is 24.0 Å². The van der Waals surface area contributed by atoms with E-state index in [1.807, 2.05) is 44.2 Å². The molecule has 9 nitrogen and oxygen atoms in total. The van der Waals surface area contributed by atoms with Crippen LogP contribution in [0.25, 0.3) is 0 Å². The standard InChI is InChI=1S/C32H32Cl2N4O5/c1-19(2)43-27-17-25(42-4)13-14-26(27)31-35-29(21-5-9-23(33)10-6-21)30(22-7-11-24(34)12-8-22)38(31)32(41)36-15-16-37(20(3)39)28(40)18-36/h5-14,17,19,29-30H,15-16,18H2,1-4H3/t29-,30+/m0/s1. The van der Waals surface area contributed by atoms with Gasteiger partial charge in [-0.05, 0) is 61.4 Å². The number of imide groups is 1. The molecule has 224 valence electrons. The maximum atomic E-state index is 14.5. The smallest absolute Gasteiger partial charge is 0.326 e. The summed E-state index contributed by atoms with van der Waals surface area (Å²) in [5.74, 6) is 0.677. The third-order valence-electron chi connectivity index (χ3n) is 7.36. The van der Waals surface area contributed by atoms with Gasteiger partial charge in [0.25, 0.3) is 0 Å². The lowest BCUT2D eigenvalue weighted by atomic mass is 9.93. The van der Waals surface area contributed by atoms with Crippen molar-refractivity contribution in [1.82, 2.24) is 14.7 Å². The van der Waals surface area contributed by atoms with E-state index in [9.17, 15) is 14.4 Å². The molecule has 0 saturated carbocycles. The van der Waals surface area contributed by atoms with Gasteiger partial charge in [-0.25, -0.2) is 4.79 Å². The van der Waals surface area contributed by atoms with Crippen molar-refractivity contribution in [2.45, 2.75) is 39.0 Å². The number of ether oxygens (including phenoxy) is 2. The van der Waals surface area contributed by atoms with E-state index in [0.717, 1.165) is 16.0 Å². The molecule has 2 aliphatic rings. The molecular weight excluding hydrogens is 591 g/mol. The highest BCUT2D eigenvalue weighted by atomic mass is 35.5. The van der Waals surface area contributed by atoms with Gasteiger partial charge in [0, 0.05) is 36.1 Å². The number of carbonyl (C=O) groups is 3. The van der Waals surface area contributed by atoms with Gasteiger partial charge in [-0.1, -0.05) is 47.5 Å². The predicted octanol–water partition coefficient (Wildman–Crippen LogP) is 6.14. The number of piperazine rings is 1. The molecule has 4 amide bonds. The summed E-state index contributed by atoms with van der Waals surface area (Å²) in [6.45, 7) is 5.22. The number of hydrogen-bond acceptors (Lipinski definition) is 6. The van der Waals surface area contributed by atoms with Crippen LogP contribution >= 0.6 is 23.2 Å². The van der Waals surface area contributed by atoms with Crippen LogP contribution in [-0.4, -0.2) is 71.2 Å². The Kier molecular flexibility index (Phi) is 8.94. The van der Waals surface area contributed by atoms with Crippen LogP contribution in [0, 0.1) is 0 Å². The van der Waals surface area contributed by atoms with Gasteiger partial charge < -0.3 is 14.4 Å². The van der Waals surface area contributed by atoms with Crippen molar-refractivity contribution < 1.29 is 23.9 Å². The van der Waals surface area contributed by atoms with Crippen LogP contribution in [0.2, 0.25) is 10.0 Å². The number of amides is 4. The van der Waals surface area contributed by atoms with Gasteiger partial charge in [0.05, 0.1) is 24.8 Å². The van der Waals surface area contributed by atoms with Crippen molar-refractivity contribution in [3.8, 4) is 11.5 Å². The molecule has 2 aliphatic heterocycles. The van der Waals surface area contributed by atoms with Crippen LogP contribution in [0.3, 0.4) is 0 Å². The zero-order valence-electron chi connectivity index (χ0n) is 24.3. The van der Waals surface area contributed by atoms with Gasteiger partial charge in [-0.3, -0.25) is 24.4 Å². The molecule has 1 fully saturated rings. The van der Waals surface area contributed by atoms with E-state index in [0.29, 0.717) is 32.9 Å². The fourth-order valence-corrected chi connectivity index (χ4v) is 5.59. The van der Waals surface area contributed by atoms with Crippen LogP contribution in [-0.2, 0) is 9.59 Å². The Morgan fingerprint density at radius 2 is 1.56 bits per heavy atom. The fourth-order valence-electron chi connectivity index (χ4n) is 5.34. The third kappa shape index (κ3) is 6.33. The molecule has 0 N–H and O–H groups in total. The van der Waals surface area contributed by atoms with E-state index in [4.69, 9.17) is 37.7 Å². The summed E-state index contributed by atoms with van der Waals surface area (Å²) in [6.07, 6.45) is -0.173. The van der Waals surface area contributed by atoms with Gasteiger partial charge in [-0.2, -0.15) is 0 Å². The number of carbonyl (C=O) groups excluding carboxylic acids is 3. The van der Waals surface area contributed by atoms with Gasteiger partial charge in [0.1, 0.15) is 29.9 Å². The first kappa shape index (κ1) is 30.4. The summed E-state index contributed by atoms with van der Waals surface area (Å²) in [4.78, 5) is 48.8. The molecule has 0 aromatic heterocycles. The minimum Gasteiger partial charge on any atom is -0.497 e. The minimum absolute atomic E-state index is 0.108. The van der Waals surface area contributed by atoms with Crippen LogP contribution in [0.5, 0.6) is 11.5 Å². The molecule has 0 bridgehead atoms. The zero-order chi connectivity index (χ0) is 30.8. The lowest BCUT2D eigenvalue weighted by Crippen LogP contribution is -2.57.